The molecule has 20 heavy (non-hydrogen) atoms. The zero-order valence-corrected chi connectivity index (χ0v) is 10.0. The first-order valence-corrected chi connectivity index (χ1v) is 5.51. The van der Waals surface area contributed by atoms with Gasteiger partial charge in [-0.15, -0.1) is 0 Å². The molecule has 2 aromatic rings. The van der Waals surface area contributed by atoms with Gasteiger partial charge in [0.05, 0.1) is 16.2 Å². The summed E-state index contributed by atoms with van der Waals surface area (Å²) in [5.74, 6) is -1.66. The van der Waals surface area contributed by atoms with Crippen LogP contribution in [0.15, 0.2) is 42.5 Å². The number of nitrogens with one attached hydrogen (secondary N) is 1. The maximum Gasteiger partial charge on any atom is 0.337 e. The van der Waals surface area contributed by atoms with Gasteiger partial charge in [-0.2, -0.15) is 0 Å². The van der Waals surface area contributed by atoms with Gasteiger partial charge in [0.25, 0.3) is 5.69 Å². The average molecular weight is 276 g/mol. The molecule has 2 aromatic carbocycles. The number of nitrogens with zero attached hydrogens (tertiary/aromatic N) is 1. The standard InChI is InChI=1S/C13H9FN2O4/c14-8-1-3-9(4-2-8)15-12-7-10(16(19)20)5-6-11(12)13(17)18/h1-7,15H,(H,17,18). The van der Waals surface area contributed by atoms with E-state index in [9.17, 15) is 19.3 Å². The van der Waals surface area contributed by atoms with Gasteiger partial charge >= 0.3 is 5.97 Å². The van der Waals surface area contributed by atoms with Crippen LogP contribution in [0.2, 0.25) is 0 Å². The highest BCUT2D eigenvalue weighted by atomic mass is 19.1. The number of nitro groups is 1. The van der Waals surface area contributed by atoms with Gasteiger partial charge in [0, 0.05) is 17.8 Å². The summed E-state index contributed by atoms with van der Waals surface area (Å²) < 4.78 is 12.8. The first kappa shape index (κ1) is 13.5. The molecule has 2 rings (SSSR count). The summed E-state index contributed by atoms with van der Waals surface area (Å²) in [5, 5.41) is 22.5. The van der Waals surface area contributed by atoms with E-state index >= 15 is 0 Å². The van der Waals surface area contributed by atoms with Crippen LogP contribution in [0.4, 0.5) is 21.5 Å². The summed E-state index contributed by atoms with van der Waals surface area (Å²) in [7, 11) is 0. The molecule has 2 N–H and O–H groups in total. The van der Waals surface area contributed by atoms with Crippen LogP contribution >= 0.6 is 0 Å². The van der Waals surface area contributed by atoms with Crippen LogP contribution < -0.4 is 5.32 Å². The molecule has 0 heterocycles. The summed E-state index contributed by atoms with van der Waals surface area (Å²) in [4.78, 5) is 21.2. The van der Waals surface area contributed by atoms with E-state index in [1.165, 1.54) is 24.3 Å². The first-order valence-electron chi connectivity index (χ1n) is 5.51. The molecule has 0 unspecified atom stereocenters. The van der Waals surface area contributed by atoms with E-state index in [4.69, 9.17) is 5.11 Å². The highest BCUT2D eigenvalue weighted by Gasteiger charge is 2.15. The van der Waals surface area contributed by atoms with Gasteiger partial charge in [0.2, 0.25) is 0 Å². The Kier molecular flexibility index (Phi) is 3.60. The molecule has 0 radical (unpaired) electrons. The Morgan fingerprint density at radius 3 is 2.40 bits per heavy atom. The van der Waals surface area contributed by atoms with Gasteiger partial charge in [0.1, 0.15) is 5.82 Å². The minimum Gasteiger partial charge on any atom is -0.478 e. The molecule has 0 fully saturated rings. The van der Waals surface area contributed by atoms with Crippen molar-refractivity contribution in [2.24, 2.45) is 0 Å². The molecular weight excluding hydrogens is 267 g/mol. The lowest BCUT2D eigenvalue weighted by Gasteiger charge is -2.09. The lowest BCUT2D eigenvalue weighted by atomic mass is 10.1. The maximum atomic E-state index is 12.8. The molecule has 0 aromatic heterocycles. The molecule has 0 spiro atoms. The van der Waals surface area contributed by atoms with Gasteiger partial charge < -0.3 is 10.4 Å². The number of aromatic carboxylic acids is 1. The Balaban J connectivity index is 2.41. The van der Waals surface area contributed by atoms with Crippen molar-refractivity contribution in [2.75, 3.05) is 5.32 Å². The number of benzene rings is 2. The van der Waals surface area contributed by atoms with Crippen LogP contribution in [0.5, 0.6) is 0 Å². The van der Waals surface area contributed by atoms with Crippen LogP contribution in [-0.2, 0) is 0 Å². The van der Waals surface area contributed by atoms with E-state index < -0.39 is 16.7 Å². The number of non-ortho nitro benzene ring substituents is 1. The fraction of sp³-hybridized carbons (Fsp3) is 0. The largest absolute Gasteiger partial charge is 0.478 e. The molecule has 0 saturated carbocycles. The van der Waals surface area contributed by atoms with Crippen LogP contribution in [0.3, 0.4) is 0 Å². The SMILES string of the molecule is O=C(O)c1ccc([N+](=O)[O-])cc1Nc1ccc(F)cc1. The topological polar surface area (TPSA) is 92.5 Å². The Morgan fingerprint density at radius 2 is 1.85 bits per heavy atom. The summed E-state index contributed by atoms with van der Waals surface area (Å²) in [6.07, 6.45) is 0. The Bertz CT molecular complexity index is 671. The number of carboxylic acids is 1. The predicted molar refractivity (Wildman–Crippen MR) is 69.7 cm³/mol. The zero-order valence-electron chi connectivity index (χ0n) is 10.0. The minimum atomic E-state index is -1.22. The molecule has 0 aliphatic heterocycles. The molecule has 0 atom stereocenters. The predicted octanol–water partition coefficient (Wildman–Crippen LogP) is 3.18. The molecule has 0 aliphatic carbocycles. The number of nitro benzene ring substituents is 1. The summed E-state index contributed by atoms with van der Waals surface area (Å²) >= 11 is 0. The second kappa shape index (κ2) is 5.35. The second-order valence-electron chi connectivity index (χ2n) is 3.92. The van der Waals surface area contributed by atoms with Gasteiger partial charge in [-0.05, 0) is 30.3 Å². The van der Waals surface area contributed by atoms with Gasteiger partial charge in [-0.25, -0.2) is 9.18 Å². The van der Waals surface area contributed by atoms with E-state index in [-0.39, 0.29) is 16.9 Å². The molecule has 0 aliphatic rings. The van der Waals surface area contributed by atoms with E-state index in [2.05, 4.69) is 5.32 Å². The van der Waals surface area contributed by atoms with Gasteiger partial charge in [-0.1, -0.05) is 0 Å². The lowest BCUT2D eigenvalue weighted by molar-refractivity contribution is -0.384. The zero-order chi connectivity index (χ0) is 14.7. The molecule has 0 bridgehead atoms. The average Bonchev–Trinajstić information content (AvgIpc) is 2.41. The maximum absolute atomic E-state index is 12.8. The molecule has 7 heteroatoms. The van der Waals surface area contributed by atoms with E-state index in [1.54, 1.807) is 0 Å². The van der Waals surface area contributed by atoms with E-state index in [1.807, 2.05) is 0 Å². The Hall–Kier alpha value is -2.96. The number of carboxylic acid groups (broad SMARTS) is 1. The smallest absolute Gasteiger partial charge is 0.337 e. The Labute approximate surface area is 112 Å². The third-order valence-electron chi connectivity index (χ3n) is 2.57. The van der Waals surface area contributed by atoms with Gasteiger partial charge in [-0.3, -0.25) is 10.1 Å². The molecule has 0 saturated heterocycles. The Morgan fingerprint density at radius 1 is 1.20 bits per heavy atom. The molecule has 102 valence electrons. The van der Waals surface area contributed by atoms with Crippen molar-refractivity contribution in [1.29, 1.82) is 0 Å². The number of halogens is 1. The summed E-state index contributed by atoms with van der Waals surface area (Å²) in [5.41, 5.74) is 0.146. The highest BCUT2D eigenvalue weighted by Crippen LogP contribution is 2.26. The third kappa shape index (κ3) is 2.89. The lowest BCUT2D eigenvalue weighted by Crippen LogP contribution is -2.03. The van der Waals surface area contributed by atoms with Crippen molar-refractivity contribution in [3.8, 4) is 0 Å². The van der Waals surface area contributed by atoms with Crippen molar-refractivity contribution in [2.45, 2.75) is 0 Å². The van der Waals surface area contributed by atoms with E-state index in [0.717, 1.165) is 18.2 Å². The van der Waals surface area contributed by atoms with Crippen molar-refractivity contribution >= 4 is 23.0 Å². The van der Waals surface area contributed by atoms with Crippen molar-refractivity contribution in [1.82, 2.24) is 0 Å². The van der Waals surface area contributed by atoms with Crippen LogP contribution in [0.1, 0.15) is 10.4 Å². The molecule has 0 amide bonds. The fourth-order valence-electron chi connectivity index (χ4n) is 1.62. The highest BCUT2D eigenvalue weighted by molar-refractivity contribution is 5.95. The van der Waals surface area contributed by atoms with Crippen molar-refractivity contribution < 1.29 is 19.2 Å². The third-order valence-corrected chi connectivity index (χ3v) is 2.57. The summed E-state index contributed by atoms with van der Waals surface area (Å²) in [6.45, 7) is 0. The van der Waals surface area contributed by atoms with Crippen molar-refractivity contribution in [3.63, 3.8) is 0 Å². The molecule has 6 nitrogen and oxygen atoms in total. The summed E-state index contributed by atoms with van der Waals surface area (Å²) in [6, 6.07) is 8.57. The van der Waals surface area contributed by atoms with Crippen LogP contribution in [0.25, 0.3) is 0 Å². The number of hydrogen-bond donors (Lipinski definition) is 2. The number of anilines is 2. The minimum absolute atomic E-state index is 0.0679. The first-order chi connectivity index (χ1) is 9.47. The number of rotatable bonds is 4. The second-order valence-corrected chi connectivity index (χ2v) is 3.92. The van der Waals surface area contributed by atoms with Crippen LogP contribution in [0, 0.1) is 15.9 Å². The van der Waals surface area contributed by atoms with Crippen LogP contribution in [-0.4, -0.2) is 16.0 Å². The monoisotopic (exact) mass is 276 g/mol. The number of carbonyl (C=O) groups is 1. The van der Waals surface area contributed by atoms with Gasteiger partial charge in [0.15, 0.2) is 0 Å². The quantitative estimate of drug-likeness (QED) is 0.660. The number of hydrogen-bond acceptors (Lipinski definition) is 4. The van der Waals surface area contributed by atoms with Crippen molar-refractivity contribution in [3.05, 3.63) is 64.0 Å². The molecular formula is C13H9FN2O4. The fourth-order valence-corrected chi connectivity index (χ4v) is 1.62. The van der Waals surface area contributed by atoms with E-state index in [0.29, 0.717) is 5.69 Å². The normalized spacial score (nSPS) is 10.1.